The molecule has 0 fully saturated rings. The van der Waals surface area contributed by atoms with Gasteiger partial charge in [0.15, 0.2) is 10.8 Å². The van der Waals surface area contributed by atoms with Crippen molar-refractivity contribution in [1.29, 1.82) is 0 Å². The van der Waals surface area contributed by atoms with Crippen LogP contribution in [0.15, 0.2) is 42.6 Å². The standard InChI is InChI=1S/C22H24N6O5S/c1-22(2,3)33-21(31)26-15-10-7-13(11-24-15)25-20-27-16(17(23)29)19(34-20)28-18(30)12-5-8-14(32-4)9-6-12/h5-11H,1-4H3,(H2,23,29)(H,25,27)(H,28,30)(H,24,26,31). The van der Waals surface area contributed by atoms with Crippen molar-refractivity contribution in [3.63, 3.8) is 0 Å². The van der Waals surface area contributed by atoms with Crippen molar-refractivity contribution in [2.45, 2.75) is 26.4 Å². The van der Waals surface area contributed by atoms with Gasteiger partial charge in [-0.05, 0) is 57.2 Å². The van der Waals surface area contributed by atoms with Gasteiger partial charge in [-0.15, -0.1) is 0 Å². The number of carbonyl (C=O) groups excluding carboxylic acids is 3. The zero-order valence-corrected chi connectivity index (χ0v) is 19.8. The van der Waals surface area contributed by atoms with Crippen LogP contribution >= 0.6 is 11.3 Å². The lowest BCUT2D eigenvalue weighted by Crippen LogP contribution is -2.27. The molecule has 1 aromatic carbocycles. The predicted molar refractivity (Wildman–Crippen MR) is 129 cm³/mol. The van der Waals surface area contributed by atoms with Gasteiger partial charge in [-0.25, -0.2) is 14.8 Å². The molecular formula is C22H24N6O5S. The van der Waals surface area contributed by atoms with E-state index in [1.165, 1.54) is 13.3 Å². The number of nitrogens with two attached hydrogens (primary N) is 1. The minimum atomic E-state index is -0.788. The van der Waals surface area contributed by atoms with Gasteiger partial charge in [0.1, 0.15) is 22.2 Å². The molecule has 0 aliphatic rings. The smallest absolute Gasteiger partial charge is 0.413 e. The van der Waals surface area contributed by atoms with Gasteiger partial charge in [0.25, 0.3) is 11.8 Å². The number of nitrogens with one attached hydrogen (secondary N) is 3. The molecule has 12 heteroatoms. The first-order valence-corrected chi connectivity index (χ1v) is 10.8. The van der Waals surface area contributed by atoms with Gasteiger partial charge < -0.3 is 25.8 Å². The lowest BCUT2D eigenvalue weighted by molar-refractivity contribution is 0.0635. The number of hydrogen-bond donors (Lipinski definition) is 4. The van der Waals surface area contributed by atoms with E-state index in [1.54, 1.807) is 57.2 Å². The molecule has 5 N–H and O–H groups in total. The van der Waals surface area contributed by atoms with E-state index in [0.29, 0.717) is 27.9 Å². The number of nitrogens with zero attached hydrogens (tertiary/aromatic N) is 2. The van der Waals surface area contributed by atoms with Crippen LogP contribution in [0.3, 0.4) is 0 Å². The van der Waals surface area contributed by atoms with E-state index in [-0.39, 0.29) is 10.7 Å². The number of ether oxygens (including phenoxy) is 2. The quantitative estimate of drug-likeness (QED) is 0.392. The van der Waals surface area contributed by atoms with E-state index in [1.807, 2.05) is 0 Å². The molecule has 0 spiro atoms. The second-order valence-corrected chi connectivity index (χ2v) is 8.93. The van der Waals surface area contributed by atoms with Gasteiger partial charge in [0, 0.05) is 5.56 Å². The molecule has 0 aliphatic carbocycles. The molecule has 3 rings (SSSR count). The topological polar surface area (TPSA) is 158 Å². The van der Waals surface area contributed by atoms with Gasteiger partial charge >= 0.3 is 6.09 Å². The molecule has 0 unspecified atom stereocenters. The number of thiazole rings is 1. The van der Waals surface area contributed by atoms with Crippen LogP contribution in [0.25, 0.3) is 0 Å². The molecule has 0 radical (unpaired) electrons. The fraction of sp³-hybridized carbons (Fsp3) is 0.227. The summed E-state index contributed by atoms with van der Waals surface area (Å²) in [6.07, 6.45) is 0.845. The number of amides is 3. The fourth-order valence-electron chi connectivity index (χ4n) is 2.62. The maximum Gasteiger partial charge on any atom is 0.413 e. The first kappa shape index (κ1) is 24.5. The van der Waals surface area contributed by atoms with Crippen LogP contribution in [0.1, 0.15) is 41.6 Å². The van der Waals surface area contributed by atoms with Crippen molar-refractivity contribution in [1.82, 2.24) is 9.97 Å². The third-order valence-corrected chi connectivity index (χ3v) is 4.97. The summed E-state index contributed by atoms with van der Waals surface area (Å²) in [6.45, 7) is 5.28. The Labute approximate surface area is 199 Å². The molecule has 0 aliphatic heterocycles. The number of hydrogen-bond acceptors (Lipinski definition) is 9. The predicted octanol–water partition coefficient (Wildman–Crippen LogP) is 3.99. The van der Waals surface area contributed by atoms with E-state index in [4.69, 9.17) is 15.2 Å². The van der Waals surface area contributed by atoms with Crippen molar-refractivity contribution >= 4 is 50.9 Å². The van der Waals surface area contributed by atoms with E-state index in [0.717, 1.165) is 11.3 Å². The minimum absolute atomic E-state index is 0.0782. The van der Waals surface area contributed by atoms with E-state index < -0.39 is 23.5 Å². The Bertz CT molecular complexity index is 1190. The zero-order chi connectivity index (χ0) is 24.9. The minimum Gasteiger partial charge on any atom is -0.497 e. The van der Waals surface area contributed by atoms with Crippen LogP contribution in [0.5, 0.6) is 5.75 Å². The van der Waals surface area contributed by atoms with E-state index in [2.05, 4.69) is 25.9 Å². The Morgan fingerprint density at radius 1 is 1.03 bits per heavy atom. The fourth-order valence-corrected chi connectivity index (χ4v) is 3.50. The molecule has 3 amide bonds. The normalized spacial score (nSPS) is 10.8. The van der Waals surface area contributed by atoms with Crippen LogP contribution in [-0.4, -0.2) is 40.6 Å². The highest BCUT2D eigenvalue weighted by Crippen LogP contribution is 2.31. The number of carbonyl (C=O) groups is 3. The summed E-state index contributed by atoms with van der Waals surface area (Å²) in [7, 11) is 1.53. The number of pyridine rings is 1. The van der Waals surface area contributed by atoms with Crippen molar-refractivity contribution < 1.29 is 23.9 Å². The Balaban J connectivity index is 1.69. The molecule has 2 aromatic heterocycles. The Kier molecular flexibility index (Phi) is 7.31. The van der Waals surface area contributed by atoms with Gasteiger partial charge in [-0.1, -0.05) is 11.3 Å². The summed E-state index contributed by atoms with van der Waals surface area (Å²) in [4.78, 5) is 44.6. The van der Waals surface area contributed by atoms with Gasteiger partial charge in [-0.2, -0.15) is 0 Å². The summed E-state index contributed by atoms with van der Waals surface area (Å²) < 4.78 is 10.3. The van der Waals surface area contributed by atoms with Crippen LogP contribution < -0.4 is 26.4 Å². The Hall–Kier alpha value is -4.19. The first-order chi connectivity index (χ1) is 16.0. The molecule has 0 saturated carbocycles. The Morgan fingerprint density at radius 2 is 1.74 bits per heavy atom. The first-order valence-electron chi connectivity index (χ1n) is 10.0. The average molecular weight is 485 g/mol. The van der Waals surface area contributed by atoms with Gasteiger partial charge in [-0.3, -0.25) is 14.9 Å². The molecular weight excluding hydrogens is 460 g/mol. The molecule has 3 aromatic rings. The van der Waals surface area contributed by atoms with Crippen LogP contribution in [-0.2, 0) is 4.74 Å². The van der Waals surface area contributed by atoms with Crippen molar-refractivity contribution in [3.05, 3.63) is 53.9 Å². The van der Waals surface area contributed by atoms with E-state index >= 15 is 0 Å². The number of primary amides is 1. The molecule has 0 saturated heterocycles. The lowest BCUT2D eigenvalue weighted by Gasteiger charge is -2.19. The number of aromatic nitrogens is 2. The van der Waals surface area contributed by atoms with Crippen LogP contribution in [0, 0.1) is 0 Å². The third kappa shape index (κ3) is 6.65. The zero-order valence-electron chi connectivity index (χ0n) is 19.0. The monoisotopic (exact) mass is 484 g/mol. The summed E-state index contributed by atoms with van der Waals surface area (Å²) in [5.74, 6) is -0.312. The second-order valence-electron chi connectivity index (χ2n) is 7.93. The number of anilines is 4. The highest BCUT2D eigenvalue weighted by atomic mass is 32.1. The summed E-state index contributed by atoms with van der Waals surface area (Å²) >= 11 is 1.04. The number of methoxy groups -OCH3 is 1. The van der Waals surface area contributed by atoms with Gasteiger partial charge in [0.2, 0.25) is 0 Å². The van der Waals surface area contributed by atoms with E-state index in [9.17, 15) is 14.4 Å². The SMILES string of the molecule is COc1ccc(C(=O)Nc2sc(Nc3ccc(NC(=O)OC(C)(C)C)nc3)nc2C(N)=O)cc1. The van der Waals surface area contributed by atoms with Crippen molar-refractivity contribution in [2.24, 2.45) is 5.73 Å². The summed E-state index contributed by atoms with van der Waals surface area (Å²) in [5.41, 5.74) is 5.63. The second kappa shape index (κ2) is 10.2. The highest BCUT2D eigenvalue weighted by molar-refractivity contribution is 7.20. The molecule has 0 bridgehead atoms. The number of rotatable bonds is 7. The summed E-state index contributed by atoms with van der Waals surface area (Å²) in [5, 5.41) is 8.70. The van der Waals surface area contributed by atoms with Crippen molar-refractivity contribution in [3.8, 4) is 5.75 Å². The maximum atomic E-state index is 12.6. The van der Waals surface area contributed by atoms with Crippen molar-refractivity contribution in [2.75, 3.05) is 23.1 Å². The molecule has 178 valence electrons. The number of benzene rings is 1. The molecule has 11 nitrogen and oxygen atoms in total. The summed E-state index contributed by atoms with van der Waals surface area (Å²) in [6, 6.07) is 9.71. The Morgan fingerprint density at radius 3 is 2.29 bits per heavy atom. The highest BCUT2D eigenvalue weighted by Gasteiger charge is 2.20. The molecule has 2 heterocycles. The largest absolute Gasteiger partial charge is 0.497 e. The van der Waals surface area contributed by atoms with Gasteiger partial charge in [0.05, 0.1) is 19.0 Å². The molecule has 0 atom stereocenters. The maximum absolute atomic E-state index is 12.6. The average Bonchev–Trinajstić information content (AvgIpc) is 3.16. The van der Waals surface area contributed by atoms with Crippen LogP contribution in [0.4, 0.5) is 26.4 Å². The van der Waals surface area contributed by atoms with Crippen LogP contribution in [0.2, 0.25) is 0 Å². The third-order valence-electron chi connectivity index (χ3n) is 4.08. The molecule has 34 heavy (non-hydrogen) atoms. The lowest BCUT2D eigenvalue weighted by atomic mass is 10.2.